The fourth-order valence-electron chi connectivity index (χ4n) is 9.01. The summed E-state index contributed by atoms with van der Waals surface area (Å²) in [5.41, 5.74) is 1.26. The van der Waals surface area contributed by atoms with Crippen molar-refractivity contribution in [3.8, 4) is 0 Å². The number of nitrogens with zero attached hydrogens (tertiary/aromatic N) is 2. The van der Waals surface area contributed by atoms with E-state index < -0.39 is 5.60 Å². The van der Waals surface area contributed by atoms with E-state index in [2.05, 4.69) is 37.7 Å². The average molecular weight is 411 g/mol. The van der Waals surface area contributed by atoms with Gasteiger partial charge in [-0.3, -0.25) is 0 Å². The molecule has 0 radical (unpaired) electrons. The summed E-state index contributed by atoms with van der Waals surface area (Å²) in [6.45, 7) is 9.26. The van der Waals surface area contributed by atoms with Crippen LogP contribution in [-0.2, 0) is 6.42 Å². The van der Waals surface area contributed by atoms with Gasteiger partial charge in [0.15, 0.2) is 0 Å². The highest BCUT2D eigenvalue weighted by atomic mass is 16.3. The highest BCUT2D eigenvalue weighted by Gasteiger charge is 2.58. The van der Waals surface area contributed by atoms with Crippen molar-refractivity contribution in [2.75, 3.05) is 0 Å². The molecule has 0 saturated heterocycles. The largest absolute Gasteiger partial charge is 0.390 e. The molecule has 166 valence electrons. The van der Waals surface area contributed by atoms with Crippen molar-refractivity contribution in [3.63, 3.8) is 0 Å². The Morgan fingerprint density at radius 1 is 0.967 bits per heavy atom. The van der Waals surface area contributed by atoms with Gasteiger partial charge in [-0.25, -0.2) is 9.97 Å². The maximum Gasteiger partial charge on any atom is 0.128 e. The molecule has 4 aliphatic carbocycles. The molecule has 9 atom stereocenters. The van der Waals surface area contributed by atoms with Crippen molar-refractivity contribution in [1.82, 2.24) is 9.97 Å². The van der Waals surface area contributed by atoms with Crippen molar-refractivity contribution >= 4 is 0 Å². The van der Waals surface area contributed by atoms with Gasteiger partial charge in [0.05, 0.1) is 5.60 Å². The quantitative estimate of drug-likeness (QED) is 0.666. The molecule has 0 spiro atoms. The molecule has 0 bridgehead atoms. The first-order valence-corrected chi connectivity index (χ1v) is 12.8. The summed E-state index contributed by atoms with van der Waals surface area (Å²) in [4.78, 5) is 9.21. The van der Waals surface area contributed by atoms with Gasteiger partial charge in [-0.1, -0.05) is 13.8 Å². The third-order valence-electron chi connectivity index (χ3n) is 10.3. The van der Waals surface area contributed by atoms with Gasteiger partial charge < -0.3 is 5.11 Å². The number of hydrogen-bond acceptors (Lipinski definition) is 3. The number of fused-ring (bicyclic) bond motifs is 5. The predicted octanol–water partition coefficient (Wildman–Crippen LogP) is 5.98. The highest BCUT2D eigenvalue weighted by Crippen LogP contribution is 2.65. The van der Waals surface area contributed by atoms with Gasteiger partial charge in [-0.05, 0) is 124 Å². The molecule has 4 fully saturated rings. The lowest BCUT2D eigenvalue weighted by Gasteiger charge is -2.57. The van der Waals surface area contributed by atoms with Gasteiger partial charge in [0.25, 0.3) is 0 Å². The minimum Gasteiger partial charge on any atom is -0.390 e. The van der Waals surface area contributed by atoms with E-state index in [1.165, 1.54) is 44.9 Å². The molecule has 3 nitrogen and oxygen atoms in total. The normalized spacial score (nSPS) is 46.6. The number of rotatable bonds is 3. The minimum absolute atomic E-state index is 0.400. The zero-order valence-electron chi connectivity index (χ0n) is 19.6. The van der Waals surface area contributed by atoms with Gasteiger partial charge in [-0.2, -0.15) is 0 Å². The van der Waals surface area contributed by atoms with Crippen LogP contribution in [0, 0.1) is 53.8 Å². The van der Waals surface area contributed by atoms with Gasteiger partial charge in [0, 0.05) is 18.8 Å². The minimum atomic E-state index is -0.400. The maximum atomic E-state index is 10.6. The average Bonchev–Trinajstić information content (AvgIpc) is 3.06. The van der Waals surface area contributed by atoms with Crippen LogP contribution >= 0.6 is 0 Å². The first kappa shape index (κ1) is 20.9. The first-order chi connectivity index (χ1) is 14.3. The molecule has 1 N–H and O–H groups in total. The third-order valence-corrected chi connectivity index (χ3v) is 10.3. The lowest BCUT2D eigenvalue weighted by atomic mass is 9.48. The molecule has 0 amide bonds. The van der Waals surface area contributed by atoms with E-state index in [4.69, 9.17) is 0 Å². The smallest absolute Gasteiger partial charge is 0.128 e. The molecule has 1 aromatic heterocycles. The monoisotopic (exact) mass is 410 g/mol. The lowest BCUT2D eigenvalue weighted by Crippen LogP contribution is -2.50. The summed E-state index contributed by atoms with van der Waals surface area (Å²) in [5, 5.41) is 10.6. The second kappa shape index (κ2) is 7.57. The van der Waals surface area contributed by atoms with Crippen LogP contribution in [0.5, 0.6) is 0 Å². The van der Waals surface area contributed by atoms with Gasteiger partial charge >= 0.3 is 0 Å². The van der Waals surface area contributed by atoms with Crippen LogP contribution in [0.15, 0.2) is 12.4 Å². The van der Waals surface area contributed by atoms with Crippen molar-refractivity contribution in [1.29, 1.82) is 0 Å². The van der Waals surface area contributed by atoms with E-state index in [9.17, 15) is 5.11 Å². The van der Waals surface area contributed by atoms with E-state index in [1.54, 1.807) is 0 Å². The van der Waals surface area contributed by atoms with E-state index in [0.717, 1.165) is 66.2 Å². The third kappa shape index (κ3) is 3.53. The highest BCUT2D eigenvalue weighted by molar-refractivity contribution is 5.09. The maximum absolute atomic E-state index is 10.6. The summed E-state index contributed by atoms with van der Waals surface area (Å²) >= 11 is 0. The van der Waals surface area contributed by atoms with Crippen LogP contribution in [0.3, 0.4) is 0 Å². The van der Waals surface area contributed by atoms with E-state index in [0.29, 0.717) is 11.3 Å². The summed E-state index contributed by atoms with van der Waals surface area (Å²) in [5.74, 6) is 7.00. The summed E-state index contributed by atoms with van der Waals surface area (Å²) in [6, 6.07) is 0. The van der Waals surface area contributed by atoms with Crippen LogP contribution in [0.4, 0.5) is 0 Å². The van der Waals surface area contributed by atoms with E-state index in [-0.39, 0.29) is 0 Å². The van der Waals surface area contributed by atoms with Crippen LogP contribution < -0.4 is 0 Å². The van der Waals surface area contributed by atoms with Crippen molar-refractivity contribution in [2.45, 2.75) is 97.5 Å². The van der Waals surface area contributed by atoms with Gasteiger partial charge in [0.2, 0.25) is 0 Å². The first-order valence-electron chi connectivity index (χ1n) is 12.8. The Hall–Kier alpha value is -0.960. The Morgan fingerprint density at radius 2 is 1.70 bits per heavy atom. The SMILES string of the molecule is Cc1cnc(C[C@@H](C)[C@H]2CC[C@H]3[C@@H]4CC[C@@H]5C[C@](C)(O)CC[C@@H]5[C@H]4CC[C@]23C)nc1. The lowest BCUT2D eigenvalue weighted by molar-refractivity contribution is -0.102. The fourth-order valence-corrected chi connectivity index (χ4v) is 9.01. The molecule has 4 aliphatic rings. The van der Waals surface area contributed by atoms with E-state index >= 15 is 0 Å². The Morgan fingerprint density at radius 3 is 2.47 bits per heavy atom. The van der Waals surface area contributed by atoms with Crippen LogP contribution in [0.2, 0.25) is 0 Å². The Bertz CT molecular complexity index is 759. The molecule has 0 aromatic carbocycles. The Balaban J connectivity index is 1.30. The molecule has 1 aromatic rings. The topological polar surface area (TPSA) is 46.0 Å². The molecule has 5 rings (SSSR count). The molecule has 0 unspecified atom stereocenters. The zero-order valence-corrected chi connectivity index (χ0v) is 19.6. The Kier molecular flexibility index (Phi) is 5.28. The Labute approximate surface area is 183 Å². The molecule has 1 heterocycles. The molecule has 3 heteroatoms. The summed E-state index contributed by atoms with van der Waals surface area (Å²) in [7, 11) is 0. The molecular weight excluding hydrogens is 368 g/mol. The van der Waals surface area contributed by atoms with E-state index in [1.807, 2.05) is 12.4 Å². The number of aromatic nitrogens is 2. The summed E-state index contributed by atoms with van der Waals surface area (Å²) in [6.07, 6.45) is 16.8. The number of aliphatic hydroxyl groups is 1. The van der Waals surface area contributed by atoms with Gasteiger partial charge in [-0.15, -0.1) is 0 Å². The van der Waals surface area contributed by atoms with Crippen LogP contribution in [0.1, 0.15) is 89.9 Å². The summed E-state index contributed by atoms with van der Waals surface area (Å²) < 4.78 is 0. The molecule has 4 saturated carbocycles. The second-order valence-corrected chi connectivity index (χ2v) is 12.3. The van der Waals surface area contributed by atoms with Crippen molar-refractivity contribution < 1.29 is 5.11 Å². The van der Waals surface area contributed by atoms with Crippen LogP contribution in [-0.4, -0.2) is 20.7 Å². The standard InChI is InChI=1S/C27H42N2O/c1-17-15-28-25(29-16-17)13-18(2)23-7-8-24-22-6-5-19-14-26(3,30)11-9-20(19)21(22)10-12-27(23,24)4/h15-16,18-24,30H,5-14H2,1-4H3/t18-,19-,20+,21-,22-,23-,24+,26-,27-/m1/s1. The fraction of sp³-hybridized carbons (Fsp3) is 0.852. The van der Waals surface area contributed by atoms with Crippen molar-refractivity contribution in [3.05, 3.63) is 23.8 Å². The predicted molar refractivity (Wildman–Crippen MR) is 121 cm³/mol. The second-order valence-electron chi connectivity index (χ2n) is 12.3. The van der Waals surface area contributed by atoms with Gasteiger partial charge in [0.1, 0.15) is 5.82 Å². The molecule has 30 heavy (non-hydrogen) atoms. The van der Waals surface area contributed by atoms with Crippen LogP contribution in [0.25, 0.3) is 0 Å². The number of hydrogen-bond donors (Lipinski definition) is 1. The zero-order chi connectivity index (χ0) is 21.1. The molecule has 0 aliphatic heterocycles. The number of aryl methyl sites for hydroxylation is 1. The molecular formula is C27H42N2O. The van der Waals surface area contributed by atoms with Crippen molar-refractivity contribution in [2.24, 2.45) is 46.8 Å².